The van der Waals surface area contributed by atoms with Crippen LogP contribution in [0.1, 0.15) is 37.0 Å². The highest BCUT2D eigenvalue weighted by Crippen LogP contribution is 2.34. The van der Waals surface area contributed by atoms with Gasteiger partial charge in [0.2, 0.25) is 0 Å². The van der Waals surface area contributed by atoms with E-state index >= 15 is 0 Å². The zero-order valence-electron chi connectivity index (χ0n) is 15.8. The molecule has 1 aromatic heterocycles. The van der Waals surface area contributed by atoms with E-state index in [1.54, 1.807) is 11.3 Å². The molecule has 27 heavy (non-hydrogen) atoms. The molecule has 1 heterocycles. The Labute approximate surface area is 165 Å². The summed E-state index contributed by atoms with van der Waals surface area (Å²) in [6.07, 6.45) is 2.70. The van der Waals surface area contributed by atoms with Crippen molar-refractivity contribution in [3.8, 4) is 5.75 Å². The standard InChI is InChI=1S/C23H27NO2S/c1-2-13-24(20-12-11-17-7-3-4-8-18(17)23(20)25)14-15-26-21-16-27-22-10-6-5-9-19(21)22/h3-10,16,20,23,25H,2,11-15H2,1H3. The third-order valence-electron chi connectivity index (χ3n) is 5.51. The number of aliphatic hydroxyl groups excluding tert-OH is 1. The topological polar surface area (TPSA) is 32.7 Å². The van der Waals surface area contributed by atoms with Crippen molar-refractivity contribution in [2.45, 2.75) is 38.3 Å². The molecule has 0 amide bonds. The molecule has 4 rings (SSSR count). The van der Waals surface area contributed by atoms with Gasteiger partial charge in [0.15, 0.2) is 0 Å². The summed E-state index contributed by atoms with van der Waals surface area (Å²) in [7, 11) is 0. The minimum absolute atomic E-state index is 0.169. The highest BCUT2D eigenvalue weighted by molar-refractivity contribution is 7.17. The van der Waals surface area contributed by atoms with Crippen LogP contribution in [0.4, 0.5) is 0 Å². The van der Waals surface area contributed by atoms with Crippen LogP contribution in [0.15, 0.2) is 53.9 Å². The van der Waals surface area contributed by atoms with Crippen molar-refractivity contribution in [3.63, 3.8) is 0 Å². The molecule has 142 valence electrons. The summed E-state index contributed by atoms with van der Waals surface area (Å²) in [6, 6.07) is 16.8. The molecule has 2 aromatic carbocycles. The first-order chi connectivity index (χ1) is 13.3. The van der Waals surface area contributed by atoms with Gasteiger partial charge < -0.3 is 9.84 Å². The van der Waals surface area contributed by atoms with E-state index in [-0.39, 0.29) is 6.04 Å². The summed E-state index contributed by atoms with van der Waals surface area (Å²) in [5.41, 5.74) is 2.39. The van der Waals surface area contributed by atoms with Crippen LogP contribution in [-0.2, 0) is 6.42 Å². The van der Waals surface area contributed by atoms with Gasteiger partial charge in [-0.1, -0.05) is 43.3 Å². The number of thiophene rings is 1. The second-order valence-corrected chi connectivity index (χ2v) is 8.14. The van der Waals surface area contributed by atoms with Crippen LogP contribution in [0.2, 0.25) is 0 Å². The van der Waals surface area contributed by atoms with Crippen LogP contribution in [0.5, 0.6) is 5.75 Å². The number of aryl methyl sites for hydroxylation is 1. The second-order valence-electron chi connectivity index (χ2n) is 7.23. The van der Waals surface area contributed by atoms with E-state index in [0.717, 1.165) is 43.7 Å². The molecule has 1 N–H and O–H groups in total. The van der Waals surface area contributed by atoms with Gasteiger partial charge in [0, 0.05) is 28.1 Å². The molecule has 0 bridgehead atoms. The highest BCUT2D eigenvalue weighted by atomic mass is 32.1. The average molecular weight is 382 g/mol. The summed E-state index contributed by atoms with van der Waals surface area (Å²) in [4.78, 5) is 2.41. The molecule has 4 heteroatoms. The lowest BCUT2D eigenvalue weighted by Gasteiger charge is -2.38. The van der Waals surface area contributed by atoms with Gasteiger partial charge in [-0.15, -0.1) is 11.3 Å². The summed E-state index contributed by atoms with van der Waals surface area (Å²) >= 11 is 1.73. The summed E-state index contributed by atoms with van der Waals surface area (Å²) in [5.74, 6) is 0.974. The number of hydrogen-bond donors (Lipinski definition) is 1. The molecule has 2 atom stereocenters. The summed E-state index contributed by atoms with van der Waals surface area (Å²) < 4.78 is 7.38. The largest absolute Gasteiger partial charge is 0.491 e. The number of benzene rings is 2. The van der Waals surface area contributed by atoms with Crippen molar-refractivity contribution in [1.82, 2.24) is 4.90 Å². The fraction of sp³-hybridized carbons (Fsp3) is 0.391. The third kappa shape index (κ3) is 3.88. The van der Waals surface area contributed by atoms with Gasteiger partial charge in [-0.25, -0.2) is 0 Å². The van der Waals surface area contributed by atoms with E-state index in [2.05, 4.69) is 59.7 Å². The van der Waals surface area contributed by atoms with Crippen molar-refractivity contribution < 1.29 is 9.84 Å². The van der Waals surface area contributed by atoms with Crippen LogP contribution >= 0.6 is 11.3 Å². The Morgan fingerprint density at radius 1 is 1.11 bits per heavy atom. The molecule has 0 saturated heterocycles. The van der Waals surface area contributed by atoms with Crippen molar-refractivity contribution in [1.29, 1.82) is 0 Å². The number of hydrogen-bond acceptors (Lipinski definition) is 4. The smallest absolute Gasteiger partial charge is 0.137 e. The van der Waals surface area contributed by atoms with E-state index in [1.165, 1.54) is 15.6 Å². The lowest BCUT2D eigenvalue weighted by atomic mass is 9.85. The zero-order chi connectivity index (χ0) is 18.6. The number of nitrogens with zero attached hydrogens (tertiary/aromatic N) is 1. The Balaban J connectivity index is 1.42. The van der Waals surface area contributed by atoms with Gasteiger partial charge in [-0.3, -0.25) is 4.90 Å². The predicted octanol–water partition coefficient (Wildman–Crippen LogP) is 5.04. The molecule has 3 nitrogen and oxygen atoms in total. The molecule has 0 spiro atoms. The van der Waals surface area contributed by atoms with Crippen LogP contribution in [0.3, 0.4) is 0 Å². The average Bonchev–Trinajstić information content (AvgIpc) is 3.11. The third-order valence-corrected chi connectivity index (χ3v) is 6.45. The Morgan fingerprint density at radius 3 is 2.81 bits per heavy atom. The van der Waals surface area contributed by atoms with E-state index in [4.69, 9.17) is 4.74 Å². The first-order valence-corrected chi connectivity index (χ1v) is 10.7. The SMILES string of the molecule is CCCN(CCOc1csc2ccccc12)C1CCc2ccccc2C1O. The number of fused-ring (bicyclic) bond motifs is 2. The molecule has 3 aromatic rings. The Hall–Kier alpha value is -1.88. The summed E-state index contributed by atoms with van der Waals surface area (Å²) in [6.45, 7) is 4.66. The van der Waals surface area contributed by atoms with Crippen LogP contribution in [-0.4, -0.2) is 35.7 Å². The zero-order valence-corrected chi connectivity index (χ0v) is 16.6. The van der Waals surface area contributed by atoms with Crippen LogP contribution < -0.4 is 4.74 Å². The van der Waals surface area contributed by atoms with Gasteiger partial charge in [0.25, 0.3) is 0 Å². The fourth-order valence-corrected chi connectivity index (χ4v) is 5.05. The second kappa shape index (κ2) is 8.42. The molecule has 0 radical (unpaired) electrons. The minimum atomic E-state index is -0.413. The quantitative estimate of drug-likeness (QED) is 0.622. The lowest BCUT2D eigenvalue weighted by molar-refractivity contribution is 0.0293. The monoisotopic (exact) mass is 381 g/mol. The number of rotatable bonds is 7. The normalized spacial score (nSPS) is 19.4. The molecular weight excluding hydrogens is 354 g/mol. The summed E-state index contributed by atoms with van der Waals surface area (Å²) in [5, 5.41) is 14.3. The first-order valence-electron chi connectivity index (χ1n) is 9.87. The Kier molecular flexibility index (Phi) is 5.77. The van der Waals surface area contributed by atoms with Crippen molar-refractivity contribution >= 4 is 21.4 Å². The van der Waals surface area contributed by atoms with E-state index in [9.17, 15) is 5.11 Å². The molecule has 0 saturated carbocycles. The Morgan fingerprint density at radius 2 is 1.93 bits per heavy atom. The van der Waals surface area contributed by atoms with Gasteiger partial charge in [0.1, 0.15) is 12.4 Å². The first kappa shape index (κ1) is 18.5. The molecule has 1 aliphatic rings. The van der Waals surface area contributed by atoms with Crippen molar-refractivity contribution in [3.05, 3.63) is 65.0 Å². The maximum atomic E-state index is 11.0. The van der Waals surface area contributed by atoms with Gasteiger partial charge in [-0.05, 0) is 49.1 Å². The van der Waals surface area contributed by atoms with Crippen LogP contribution in [0.25, 0.3) is 10.1 Å². The van der Waals surface area contributed by atoms with E-state index < -0.39 is 6.10 Å². The van der Waals surface area contributed by atoms with Crippen LogP contribution in [0, 0.1) is 0 Å². The molecule has 1 aliphatic carbocycles. The lowest BCUT2D eigenvalue weighted by Crippen LogP contribution is -2.44. The molecule has 2 unspecified atom stereocenters. The van der Waals surface area contributed by atoms with Gasteiger partial charge >= 0.3 is 0 Å². The Bertz CT molecular complexity index is 891. The maximum Gasteiger partial charge on any atom is 0.137 e. The molecular formula is C23H27NO2S. The van der Waals surface area contributed by atoms with E-state index in [1.807, 2.05) is 6.07 Å². The number of aliphatic hydroxyl groups is 1. The molecule has 0 aliphatic heterocycles. The van der Waals surface area contributed by atoms with E-state index in [0.29, 0.717) is 6.61 Å². The molecule has 0 fully saturated rings. The predicted molar refractivity (Wildman–Crippen MR) is 113 cm³/mol. The minimum Gasteiger partial charge on any atom is -0.491 e. The number of ether oxygens (including phenoxy) is 1. The van der Waals surface area contributed by atoms with Gasteiger partial charge in [-0.2, -0.15) is 0 Å². The van der Waals surface area contributed by atoms with Gasteiger partial charge in [0.05, 0.1) is 6.10 Å². The van der Waals surface area contributed by atoms with Crippen molar-refractivity contribution in [2.75, 3.05) is 19.7 Å². The van der Waals surface area contributed by atoms with Crippen molar-refractivity contribution in [2.24, 2.45) is 0 Å². The highest BCUT2D eigenvalue weighted by Gasteiger charge is 2.31. The maximum absolute atomic E-state index is 11.0. The fourth-order valence-electron chi connectivity index (χ4n) is 4.17.